The average Bonchev–Trinajstić information content (AvgIpc) is 2.59. The Hall–Kier alpha value is -1.11. The molecule has 0 atom stereocenters. The van der Waals surface area contributed by atoms with Crippen LogP contribution in [0.4, 0.5) is 0 Å². The van der Waals surface area contributed by atoms with Crippen molar-refractivity contribution >= 4 is 10.0 Å². The molecule has 1 fully saturated rings. The minimum absolute atomic E-state index is 0.204. The van der Waals surface area contributed by atoms with Gasteiger partial charge >= 0.3 is 0 Å². The number of methoxy groups -OCH3 is 1. The summed E-state index contributed by atoms with van der Waals surface area (Å²) in [6.45, 7) is 11.2. The molecule has 1 aliphatic rings. The van der Waals surface area contributed by atoms with Crippen molar-refractivity contribution in [3.8, 4) is 5.75 Å². The number of aryl methyl sites for hydroxylation is 1. The monoisotopic (exact) mass is 368 g/mol. The van der Waals surface area contributed by atoms with Gasteiger partial charge in [-0.3, -0.25) is 0 Å². The van der Waals surface area contributed by atoms with Gasteiger partial charge in [-0.1, -0.05) is 20.8 Å². The van der Waals surface area contributed by atoms with Crippen LogP contribution in [-0.4, -0.2) is 46.0 Å². The maximum Gasteiger partial charge on any atom is 0.243 e. The maximum atomic E-state index is 13.2. The van der Waals surface area contributed by atoms with Crippen molar-refractivity contribution in [1.82, 2.24) is 9.62 Å². The SMILES string of the molecule is CCNCC1CCN(S(=O)(=O)c2cc(C(C)C)c(OC)cc2C)CC1. The second kappa shape index (κ2) is 8.52. The fourth-order valence-corrected chi connectivity index (χ4v) is 5.14. The second-order valence-corrected chi connectivity index (χ2v) is 9.08. The fraction of sp³-hybridized carbons (Fsp3) is 0.684. The first kappa shape index (κ1) is 20.2. The van der Waals surface area contributed by atoms with E-state index < -0.39 is 10.0 Å². The Morgan fingerprint density at radius 1 is 1.28 bits per heavy atom. The van der Waals surface area contributed by atoms with E-state index in [0.717, 1.165) is 42.8 Å². The predicted octanol–water partition coefficient (Wildman–Crippen LogP) is 3.14. The van der Waals surface area contributed by atoms with Crippen LogP contribution < -0.4 is 10.1 Å². The van der Waals surface area contributed by atoms with Crippen LogP contribution in [0.15, 0.2) is 17.0 Å². The molecule has 1 aromatic rings. The highest BCUT2D eigenvalue weighted by Crippen LogP contribution is 2.33. The summed E-state index contributed by atoms with van der Waals surface area (Å²) in [6, 6.07) is 3.65. The summed E-state index contributed by atoms with van der Waals surface area (Å²) in [5.74, 6) is 1.53. The zero-order valence-electron chi connectivity index (χ0n) is 16.1. The molecule has 0 aliphatic carbocycles. The molecule has 0 radical (unpaired) electrons. The Labute approximate surface area is 152 Å². The van der Waals surface area contributed by atoms with E-state index >= 15 is 0 Å². The number of sulfonamides is 1. The maximum absolute atomic E-state index is 13.2. The van der Waals surface area contributed by atoms with Gasteiger partial charge in [-0.25, -0.2) is 8.42 Å². The third-order valence-electron chi connectivity index (χ3n) is 5.02. The lowest BCUT2D eigenvalue weighted by atomic mass is 9.98. The summed E-state index contributed by atoms with van der Waals surface area (Å²) >= 11 is 0. The van der Waals surface area contributed by atoms with Crippen LogP contribution >= 0.6 is 0 Å². The molecule has 25 heavy (non-hydrogen) atoms. The van der Waals surface area contributed by atoms with Crippen LogP contribution in [-0.2, 0) is 10.0 Å². The standard InChI is InChI=1S/C19H32N2O3S/c1-6-20-13-16-7-9-21(10-8-16)25(22,23)19-12-17(14(2)3)18(24-5)11-15(19)4/h11-12,14,16,20H,6-10,13H2,1-5H3. The summed E-state index contributed by atoms with van der Waals surface area (Å²) in [7, 11) is -1.83. The van der Waals surface area contributed by atoms with Crippen LogP contribution in [0, 0.1) is 12.8 Å². The van der Waals surface area contributed by atoms with Crippen molar-refractivity contribution in [2.24, 2.45) is 5.92 Å². The van der Waals surface area contributed by atoms with E-state index in [-0.39, 0.29) is 5.92 Å². The van der Waals surface area contributed by atoms with Crippen molar-refractivity contribution in [3.63, 3.8) is 0 Å². The molecule has 5 nitrogen and oxygen atoms in total. The highest BCUT2D eigenvalue weighted by molar-refractivity contribution is 7.89. The lowest BCUT2D eigenvalue weighted by Crippen LogP contribution is -2.41. The summed E-state index contributed by atoms with van der Waals surface area (Å²) in [5.41, 5.74) is 1.68. The smallest absolute Gasteiger partial charge is 0.243 e. The van der Waals surface area contributed by atoms with Crippen LogP contribution in [0.25, 0.3) is 0 Å². The Kier molecular flexibility index (Phi) is 6.88. The zero-order chi connectivity index (χ0) is 18.6. The molecule has 0 unspecified atom stereocenters. The molecule has 0 spiro atoms. The molecule has 0 saturated carbocycles. The van der Waals surface area contributed by atoms with Gasteiger partial charge in [-0.15, -0.1) is 0 Å². The molecule has 142 valence electrons. The van der Waals surface area contributed by atoms with Gasteiger partial charge < -0.3 is 10.1 Å². The second-order valence-electron chi connectivity index (χ2n) is 7.17. The van der Waals surface area contributed by atoms with Crippen LogP contribution in [0.1, 0.15) is 50.7 Å². The number of hydrogen-bond donors (Lipinski definition) is 1. The topological polar surface area (TPSA) is 58.6 Å². The minimum Gasteiger partial charge on any atom is -0.496 e. The van der Waals surface area contributed by atoms with Gasteiger partial charge in [0.15, 0.2) is 0 Å². The van der Waals surface area contributed by atoms with Crippen molar-refractivity contribution in [2.75, 3.05) is 33.3 Å². The highest BCUT2D eigenvalue weighted by atomic mass is 32.2. The molecule has 0 bridgehead atoms. The van der Waals surface area contributed by atoms with Gasteiger partial charge in [0.05, 0.1) is 12.0 Å². The van der Waals surface area contributed by atoms with Gasteiger partial charge in [0.25, 0.3) is 0 Å². The van der Waals surface area contributed by atoms with E-state index in [0.29, 0.717) is 23.9 Å². The molecule has 0 aromatic heterocycles. The molecule has 1 aliphatic heterocycles. The number of benzene rings is 1. The normalized spacial score (nSPS) is 17.2. The first-order chi connectivity index (χ1) is 11.8. The zero-order valence-corrected chi connectivity index (χ0v) is 16.9. The summed E-state index contributed by atoms with van der Waals surface area (Å²) in [6.07, 6.45) is 1.83. The molecule has 0 amide bonds. The van der Waals surface area contributed by atoms with Crippen molar-refractivity contribution in [1.29, 1.82) is 0 Å². The average molecular weight is 369 g/mol. The van der Waals surface area contributed by atoms with E-state index in [4.69, 9.17) is 4.74 Å². The van der Waals surface area contributed by atoms with E-state index in [9.17, 15) is 8.42 Å². The Bertz CT molecular complexity index is 678. The molecule has 1 aromatic carbocycles. The van der Waals surface area contributed by atoms with Gasteiger partial charge in [0.2, 0.25) is 10.0 Å². The first-order valence-electron chi connectivity index (χ1n) is 9.20. The van der Waals surface area contributed by atoms with Crippen molar-refractivity contribution < 1.29 is 13.2 Å². The quantitative estimate of drug-likeness (QED) is 0.803. The minimum atomic E-state index is -3.46. The lowest BCUT2D eigenvalue weighted by Gasteiger charge is -2.32. The third-order valence-corrected chi connectivity index (χ3v) is 7.06. The Morgan fingerprint density at radius 3 is 2.44 bits per heavy atom. The highest BCUT2D eigenvalue weighted by Gasteiger charge is 2.31. The molecule has 2 rings (SSSR count). The van der Waals surface area contributed by atoms with Crippen LogP contribution in [0.3, 0.4) is 0 Å². The molecule has 1 heterocycles. The number of hydrogen-bond acceptors (Lipinski definition) is 4. The van der Waals surface area contributed by atoms with E-state index in [1.165, 1.54) is 0 Å². The lowest BCUT2D eigenvalue weighted by molar-refractivity contribution is 0.268. The van der Waals surface area contributed by atoms with Crippen LogP contribution in [0.2, 0.25) is 0 Å². The van der Waals surface area contributed by atoms with E-state index in [1.54, 1.807) is 17.5 Å². The molecule has 1 N–H and O–H groups in total. The van der Waals surface area contributed by atoms with Crippen molar-refractivity contribution in [3.05, 3.63) is 23.3 Å². The van der Waals surface area contributed by atoms with Gasteiger partial charge in [0, 0.05) is 13.1 Å². The largest absolute Gasteiger partial charge is 0.496 e. The van der Waals surface area contributed by atoms with E-state index in [1.807, 2.05) is 13.0 Å². The molecule has 1 saturated heterocycles. The number of piperidine rings is 1. The molecular formula is C19H32N2O3S. The van der Waals surface area contributed by atoms with Crippen molar-refractivity contribution in [2.45, 2.75) is 51.3 Å². The summed E-state index contributed by atoms with van der Waals surface area (Å²) in [5, 5.41) is 3.36. The summed E-state index contributed by atoms with van der Waals surface area (Å²) in [4.78, 5) is 0.419. The summed E-state index contributed by atoms with van der Waals surface area (Å²) < 4.78 is 33.4. The van der Waals surface area contributed by atoms with Gasteiger partial charge in [-0.2, -0.15) is 4.31 Å². The number of nitrogens with zero attached hydrogens (tertiary/aromatic N) is 1. The van der Waals surface area contributed by atoms with Crippen LogP contribution in [0.5, 0.6) is 5.75 Å². The fourth-order valence-electron chi connectivity index (χ4n) is 3.42. The number of ether oxygens (including phenoxy) is 1. The Morgan fingerprint density at radius 2 is 1.92 bits per heavy atom. The number of rotatable bonds is 7. The molecule has 6 heteroatoms. The first-order valence-corrected chi connectivity index (χ1v) is 10.6. The Balaban J connectivity index is 2.24. The molecular weight excluding hydrogens is 336 g/mol. The predicted molar refractivity (Wildman–Crippen MR) is 102 cm³/mol. The van der Waals surface area contributed by atoms with Gasteiger partial charge in [-0.05, 0) is 68.0 Å². The van der Waals surface area contributed by atoms with E-state index in [2.05, 4.69) is 26.1 Å². The van der Waals surface area contributed by atoms with Gasteiger partial charge in [0.1, 0.15) is 5.75 Å². The number of nitrogens with one attached hydrogen (secondary N) is 1. The third kappa shape index (κ3) is 4.54.